The van der Waals surface area contributed by atoms with E-state index in [0.717, 1.165) is 30.2 Å². The summed E-state index contributed by atoms with van der Waals surface area (Å²) in [6.07, 6.45) is 8.34. The van der Waals surface area contributed by atoms with E-state index in [-0.39, 0.29) is 0 Å². The van der Waals surface area contributed by atoms with E-state index >= 15 is 0 Å². The zero-order chi connectivity index (χ0) is 13.9. The molecule has 1 unspecified atom stereocenters. The average Bonchev–Trinajstić information content (AvgIpc) is 3.20. The quantitative estimate of drug-likeness (QED) is 0.738. The van der Waals surface area contributed by atoms with Crippen LogP contribution in [-0.4, -0.2) is 16.4 Å². The van der Waals surface area contributed by atoms with Gasteiger partial charge in [-0.2, -0.15) is 5.10 Å². The predicted octanol–water partition coefficient (Wildman–Crippen LogP) is 4.58. The summed E-state index contributed by atoms with van der Waals surface area (Å²) in [5.41, 5.74) is 1.05. The monoisotopic (exact) mass is 272 g/mol. The van der Waals surface area contributed by atoms with Gasteiger partial charge in [0, 0.05) is 17.6 Å². The molecule has 1 atom stereocenters. The van der Waals surface area contributed by atoms with Crippen molar-refractivity contribution < 1.29 is 4.74 Å². The number of hydrogen-bond donors (Lipinski definition) is 0. The molecule has 2 aromatic rings. The molecule has 0 bridgehead atoms. The second kappa shape index (κ2) is 5.86. The lowest BCUT2D eigenvalue weighted by Crippen LogP contribution is -2.07. The maximum absolute atomic E-state index is 5.83. The highest BCUT2D eigenvalue weighted by Gasteiger charge is 2.22. The van der Waals surface area contributed by atoms with Gasteiger partial charge in [-0.1, -0.05) is 20.3 Å². The lowest BCUT2D eigenvalue weighted by molar-refractivity contribution is 0.300. The summed E-state index contributed by atoms with van der Waals surface area (Å²) in [6.45, 7) is 5.33. The summed E-state index contributed by atoms with van der Waals surface area (Å²) in [5.74, 6) is 1.75. The van der Waals surface area contributed by atoms with Gasteiger partial charge in [0.05, 0.1) is 18.2 Å². The van der Waals surface area contributed by atoms with E-state index in [1.165, 1.54) is 31.1 Å². The van der Waals surface area contributed by atoms with Crippen molar-refractivity contribution in [2.24, 2.45) is 5.92 Å². The van der Waals surface area contributed by atoms with Gasteiger partial charge in [-0.25, -0.2) is 0 Å². The van der Waals surface area contributed by atoms with Crippen molar-refractivity contribution >= 4 is 10.9 Å². The molecular formula is C17H24N2O. The SMILES string of the molecule is CCCC(CC)n1cc2ccc(OCC3CC3)cc2n1. The molecule has 1 aromatic carbocycles. The van der Waals surface area contributed by atoms with Crippen LogP contribution in [0.15, 0.2) is 24.4 Å². The molecule has 1 heterocycles. The fraction of sp³-hybridized carbons (Fsp3) is 0.588. The molecule has 20 heavy (non-hydrogen) atoms. The topological polar surface area (TPSA) is 27.1 Å². The molecule has 3 rings (SSSR count). The second-order valence-electron chi connectivity index (χ2n) is 5.93. The van der Waals surface area contributed by atoms with Crippen LogP contribution in [0.4, 0.5) is 0 Å². The Labute approximate surface area is 120 Å². The Morgan fingerprint density at radius 2 is 2.20 bits per heavy atom. The number of hydrogen-bond acceptors (Lipinski definition) is 2. The molecule has 1 aromatic heterocycles. The molecular weight excluding hydrogens is 248 g/mol. The van der Waals surface area contributed by atoms with Crippen LogP contribution in [-0.2, 0) is 0 Å². The van der Waals surface area contributed by atoms with Crippen molar-refractivity contribution in [1.82, 2.24) is 9.78 Å². The molecule has 0 amide bonds. The minimum atomic E-state index is 0.517. The normalized spacial score (nSPS) is 16.5. The van der Waals surface area contributed by atoms with Crippen molar-refractivity contribution in [3.8, 4) is 5.75 Å². The Hall–Kier alpha value is -1.51. The summed E-state index contributed by atoms with van der Waals surface area (Å²) < 4.78 is 7.97. The summed E-state index contributed by atoms with van der Waals surface area (Å²) in [7, 11) is 0. The van der Waals surface area contributed by atoms with E-state index in [9.17, 15) is 0 Å². The Morgan fingerprint density at radius 3 is 2.90 bits per heavy atom. The smallest absolute Gasteiger partial charge is 0.121 e. The molecule has 108 valence electrons. The first kappa shape index (κ1) is 13.5. The minimum absolute atomic E-state index is 0.517. The highest BCUT2D eigenvalue weighted by Crippen LogP contribution is 2.30. The summed E-state index contributed by atoms with van der Waals surface area (Å²) in [4.78, 5) is 0. The second-order valence-corrected chi connectivity index (χ2v) is 5.93. The van der Waals surface area contributed by atoms with Gasteiger partial charge in [-0.3, -0.25) is 4.68 Å². The average molecular weight is 272 g/mol. The molecule has 0 radical (unpaired) electrons. The highest BCUT2D eigenvalue weighted by molar-refractivity contribution is 5.79. The van der Waals surface area contributed by atoms with E-state index in [1.54, 1.807) is 0 Å². The van der Waals surface area contributed by atoms with E-state index in [0.29, 0.717) is 6.04 Å². The standard InChI is InChI=1S/C17H24N2O/c1-3-5-15(4-2)19-11-14-8-9-16(10-17(14)18-19)20-12-13-6-7-13/h8-11,13,15H,3-7,12H2,1-2H3. The summed E-state index contributed by atoms with van der Waals surface area (Å²) in [5, 5.41) is 5.95. The Balaban J connectivity index is 1.78. The van der Waals surface area contributed by atoms with Crippen LogP contribution in [0, 0.1) is 5.92 Å². The third kappa shape index (κ3) is 2.97. The molecule has 1 aliphatic rings. The largest absolute Gasteiger partial charge is 0.493 e. The fourth-order valence-corrected chi connectivity index (χ4v) is 2.65. The Morgan fingerprint density at radius 1 is 1.35 bits per heavy atom. The number of rotatable bonds is 7. The third-order valence-electron chi connectivity index (χ3n) is 4.15. The first-order valence-electron chi connectivity index (χ1n) is 7.91. The molecule has 3 heteroatoms. The fourth-order valence-electron chi connectivity index (χ4n) is 2.65. The van der Waals surface area contributed by atoms with Crippen LogP contribution in [0.2, 0.25) is 0 Å². The Kier molecular flexibility index (Phi) is 3.95. The van der Waals surface area contributed by atoms with Crippen LogP contribution >= 0.6 is 0 Å². The van der Waals surface area contributed by atoms with Gasteiger partial charge in [0.25, 0.3) is 0 Å². The molecule has 3 nitrogen and oxygen atoms in total. The van der Waals surface area contributed by atoms with E-state index < -0.39 is 0 Å². The van der Waals surface area contributed by atoms with Crippen LogP contribution < -0.4 is 4.74 Å². The number of nitrogens with zero attached hydrogens (tertiary/aromatic N) is 2. The molecule has 1 aliphatic carbocycles. The maximum atomic E-state index is 5.83. The number of aromatic nitrogens is 2. The van der Waals surface area contributed by atoms with Crippen LogP contribution in [0.3, 0.4) is 0 Å². The summed E-state index contributed by atoms with van der Waals surface area (Å²) >= 11 is 0. The molecule has 1 fully saturated rings. The molecule has 0 N–H and O–H groups in total. The van der Waals surface area contributed by atoms with Gasteiger partial charge in [-0.15, -0.1) is 0 Å². The van der Waals surface area contributed by atoms with Gasteiger partial charge >= 0.3 is 0 Å². The lowest BCUT2D eigenvalue weighted by Gasteiger charge is -2.13. The number of fused-ring (bicyclic) bond motifs is 1. The lowest BCUT2D eigenvalue weighted by atomic mass is 10.1. The first-order chi connectivity index (χ1) is 9.80. The van der Waals surface area contributed by atoms with E-state index in [4.69, 9.17) is 9.84 Å². The maximum Gasteiger partial charge on any atom is 0.121 e. The van der Waals surface area contributed by atoms with Crippen molar-refractivity contribution in [2.45, 2.75) is 52.0 Å². The molecule has 0 saturated heterocycles. The van der Waals surface area contributed by atoms with Gasteiger partial charge < -0.3 is 4.74 Å². The minimum Gasteiger partial charge on any atom is -0.493 e. The first-order valence-corrected chi connectivity index (χ1v) is 7.91. The van der Waals surface area contributed by atoms with Gasteiger partial charge in [0.15, 0.2) is 0 Å². The third-order valence-corrected chi connectivity index (χ3v) is 4.15. The Bertz CT molecular complexity index is 571. The van der Waals surface area contributed by atoms with Crippen molar-refractivity contribution in [2.75, 3.05) is 6.61 Å². The van der Waals surface area contributed by atoms with Crippen LogP contribution in [0.1, 0.15) is 52.0 Å². The molecule has 0 aliphatic heterocycles. The predicted molar refractivity (Wildman–Crippen MR) is 82.2 cm³/mol. The van der Waals surface area contributed by atoms with Gasteiger partial charge in [0.2, 0.25) is 0 Å². The van der Waals surface area contributed by atoms with Gasteiger partial charge in [-0.05, 0) is 43.7 Å². The zero-order valence-corrected chi connectivity index (χ0v) is 12.5. The van der Waals surface area contributed by atoms with E-state index in [2.05, 4.69) is 42.9 Å². The summed E-state index contributed by atoms with van der Waals surface area (Å²) in [6, 6.07) is 6.78. The number of benzene rings is 1. The van der Waals surface area contributed by atoms with Crippen molar-refractivity contribution in [3.05, 3.63) is 24.4 Å². The number of ether oxygens (including phenoxy) is 1. The van der Waals surface area contributed by atoms with Crippen LogP contribution in [0.5, 0.6) is 5.75 Å². The van der Waals surface area contributed by atoms with Crippen LogP contribution in [0.25, 0.3) is 10.9 Å². The highest BCUT2D eigenvalue weighted by atomic mass is 16.5. The van der Waals surface area contributed by atoms with Gasteiger partial charge in [0.1, 0.15) is 5.75 Å². The molecule has 1 saturated carbocycles. The van der Waals surface area contributed by atoms with Crippen molar-refractivity contribution in [1.29, 1.82) is 0 Å². The molecule has 0 spiro atoms. The van der Waals surface area contributed by atoms with E-state index in [1.807, 2.05) is 0 Å². The zero-order valence-electron chi connectivity index (χ0n) is 12.5. The van der Waals surface area contributed by atoms with Crippen molar-refractivity contribution in [3.63, 3.8) is 0 Å².